The van der Waals surface area contributed by atoms with Gasteiger partial charge in [0.2, 0.25) is 5.43 Å². The molecule has 2 aromatic rings. The van der Waals surface area contributed by atoms with Crippen LogP contribution in [0.3, 0.4) is 0 Å². The number of benzene rings is 1. The van der Waals surface area contributed by atoms with Gasteiger partial charge < -0.3 is 4.90 Å². The van der Waals surface area contributed by atoms with E-state index in [9.17, 15) is 14.0 Å². The standard InChI is InChI=1S/C14H14FN3O2S/c1-17-11-3-2-9(15)8-10(11)13(19)12(16-17)14(20)18-4-6-21-7-5-18/h2-3,8H,4-7H2,1H3. The predicted octanol–water partition coefficient (Wildman–Crippen LogP) is 1.26. The van der Waals surface area contributed by atoms with Crippen LogP contribution in [0, 0.1) is 5.82 Å². The number of halogens is 1. The lowest BCUT2D eigenvalue weighted by Crippen LogP contribution is -2.41. The lowest BCUT2D eigenvalue weighted by molar-refractivity contribution is 0.0763. The van der Waals surface area contributed by atoms with E-state index in [4.69, 9.17) is 0 Å². The maximum atomic E-state index is 13.4. The molecule has 1 aliphatic rings. The number of rotatable bonds is 1. The SMILES string of the molecule is Cn1nc(C(=O)N2CCSCC2)c(=O)c2cc(F)ccc21. The molecule has 110 valence electrons. The highest BCUT2D eigenvalue weighted by molar-refractivity contribution is 7.99. The molecule has 0 radical (unpaired) electrons. The Labute approximate surface area is 124 Å². The van der Waals surface area contributed by atoms with Gasteiger partial charge in [-0.15, -0.1) is 0 Å². The summed E-state index contributed by atoms with van der Waals surface area (Å²) in [6.07, 6.45) is 0. The fraction of sp³-hybridized carbons (Fsp3) is 0.357. The van der Waals surface area contributed by atoms with E-state index in [1.54, 1.807) is 23.7 Å². The summed E-state index contributed by atoms with van der Waals surface area (Å²) in [6, 6.07) is 3.92. The molecular formula is C14H14FN3O2S. The van der Waals surface area contributed by atoms with Crippen molar-refractivity contribution in [3.63, 3.8) is 0 Å². The first-order valence-electron chi connectivity index (χ1n) is 6.61. The molecule has 0 unspecified atom stereocenters. The highest BCUT2D eigenvalue weighted by atomic mass is 32.2. The monoisotopic (exact) mass is 307 g/mol. The molecule has 1 fully saturated rings. The van der Waals surface area contributed by atoms with E-state index in [0.717, 1.165) is 17.6 Å². The summed E-state index contributed by atoms with van der Waals surface area (Å²) >= 11 is 1.78. The summed E-state index contributed by atoms with van der Waals surface area (Å²) in [7, 11) is 1.64. The molecule has 0 aliphatic carbocycles. The number of carbonyl (C=O) groups is 1. The van der Waals surface area contributed by atoms with E-state index >= 15 is 0 Å². The van der Waals surface area contributed by atoms with Crippen LogP contribution in [0.5, 0.6) is 0 Å². The van der Waals surface area contributed by atoms with Gasteiger partial charge in [0.25, 0.3) is 5.91 Å². The van der Waals surface area contributed by atoms with E-state index in [0.29, 0.717) is 18.6 Å². The Balaban J connectivity index is 2.12. The van der Waals surface area contributed by atoms with Gasteiger partial charge in [0.05, 0.1) is 10.9 Å². The molecule has 3 rings (SSSR count). The summed E-state index contributed by atoms with van der Waals surface area (Å²) < 4.78 is 14.8. The molecule has 0 bridgehead atoms. The van der Waals surface area contributed by atoms with Crippen molar-refractivity contribution in [2.75, 3.05) is 24.6 Å². The van der Waals surface area contributed by atoms with Crippen LogP contribution in [0.4, 0.5) is 4.39 Å². The summed E-state index contributed by atoms with van der Waals surface area (Å²) in [5, 5.41) is 4.27. The van der Waals surface area contributed by atoms with Gasteiger partial charge in [0, 0.05) is 31.6 Å². The van der Waals surface area contributed by atoms with Crippen LogP contribution < -0.4 is 5.43 Å². The van der Waals surface area contributed by atoms with Gasteiger partial charge in [-0.3, -0.25) is 14.3 Å². The first-order valence-corrected chi connectivity index (χ1v) is 7.77. The average Bonchev–Trinajstić information content (AvgIpc) is 2.51. The van der Waals surface area contributed by atoms with Crippen molar-refractivity contribution in [1.29, 1.82) is 0 Å². The Morgan fingerprint density at radius 3 is 2.76 bits per heavy atom. The minimum atomic E-state index is -0.508. The summed E-state index contributed by atoms with van der Waals surface area (Å²) in [5.74, 6) is 0.836. The van der Waals surface area contributed by atoms with E-state index in [2.05, 4.69) is 5.10 Å². The van der Waals surface area contributed by atoms with E-state index in [1.807, 2.05) is 0 Å². The number of amides is 1. The molecule has 0 saturated carbocycles. The first-order chi connectivity index (χ1) is 10.1. The number of nitrogens with zero attached hydrogens (tertiary/aromatic N) is 3. The maximum absolute atomic E-state index is 13.4. The number of carbonyl (C=O) groups excluding carboxylic acids is 1. The molecule has 2 heterocycles. The van der Waals surface area contributed by atoms with Crippen molar-refractivity contribution in [3.05, 3.63) is 39.9 Å². The van der Waals surface area contributed by atoms with Crippen molar-refractivity contribution in [1.82, 2.24) is 14.7 Å². The summed E-state index contributed by atoms with van der Waals surface area (Å²) in [6.45, 7) is 1.21. The lowest BCUT2D eigenvalue weighted by atomic mass is 10.2. The number of aryl methyl sites for hydroxylation is 1. The van der Waals surface area contributed by atoms with Crippen LogP contribution in [-0.2, 0) is 7.05 Å². The second-order valence-electron chi connectivity index (χ2n) is 4.87. The van der Waals surface area contributed by atoms with Gasteiger partial charge in [0.15, 0.2) is 5.69 Å². The first kappa shape index (κ1) is 14.1. The van der Waals surface area contributed by atoms with Crippen LogP contribution in [0.15, 0.2) is 23.0 Å². The Bertz CT molecular complexity index is 769. The minimum absolute atomic E-state index is 0.137. The molecule has 1 aliphatic heterocycles. The smallest absolute Gasteiger partial charge is 0.278 e. The second kappa shape index (κ2) is 5.48. The molecule has 0 atom stereocenters. The number of hydrogen-bond donors (Lipinski definition) is 0. The van der Waals surface area contributed by atoms with Crippen molar-refractivity contribution in [2.24, 2.45) is 7.05 Å². The van der Waals surface area contributed by atoms with Crippen LogP contribution in [-0.4, -0.2) is 45.2 Å². The van der Waals surface area contributed by atoms with E-state index in [1.165, 1.54) is 16.8 Å². The molecule has 1 aromatic heterocycles. The molecule has 21 heavy (non-hydrogen) atoms. The highest BCUT2D eigenvalue weighted by Crippen LogP contribution is 2.14. The molecule has 1 amide bonds. The van der Waals surface area contributed by atoms with Crippen LogP contribution in [0.2, 0.25) is 0 Å². The highest BCUT2D eigenvalue weighted by Gasteiger charge is 2.24. The Hall–Kier alpha value is -1.89. The minimum Gasteiger partial charge on any atom is -0.335 e. The molecule has 0 spiro atoms. The number of aromatic nitrogens is 2. The Morgan fingerprint density at radius 2 is 2.05 bits per heavy atom. The number of thioether (sulfide) groups is 1. The maximum Gasteiger partial charge on any atom is 0.278 e. The predicted molar refractivity (Wildman–Crippen MR) is 80.2 cm³/mol. The van der Waals surface area contributed by atoms with Gasteiger partial charge in [-0.25, -0.2) is 4.39 Å². The van der Waals surface area contributed by atoms with Gasteiger partial charge in [-0.1, -0.05) is 0 Å². The van der Waals surface area contributed by atoms with Gasteiger partial charge in [-0.05, 0) is 18.2 Å². The Kier molecular flexibility index (Phi) is 3.67. The zero-order valence-corrected chi connectivity index (χ0v) is 12.3. The average molecular weight is 307 g/mol. The molecule has 1 saturated heterocycles. The van der Waals surface area contributed by atoms with Crippen LogP contribution in [0.25, 0.3) is 10.9 Å². The van der Waals surface area contributed by atoms with Crippen molar-refractivity contribution < 1.29 is 9.18 Å². The van der Waals surface area contributed by atoms with Gasteiger partial charge in [0.1, 0.15) is 5.82 Å². The van der Waals surface area contributed by atoms with E-state index in [-0.39, 0.29) is 17.0 Å². The van der Waals surface area contributed by atoms with Crippen LogP contribution in [0.1, 0.15) is 10.5 Å². The third-order valence-electron chi connectivity index (χ3n) is 3.52. The molecule has 0 N–H and O–H groups in total. The quantitative estimate of drug-likeness (QED) is 0.796. The largest absolute Gasteiger partial charge is 0.335 e. The van der Waals surface area contributed by atoms with Gasteiger partial charge >= 0.3 is 0 Å². The summed E-state index contributed by atoms with van der Waals surface area (Å²) in [5.41, 5.74) is -0.138. The second-order valence-corrected chi connectivity index (χ2v) is 6.09. The van der Waals surface area contributed by atoms with Crippen molar-refractivity contribution >= 4 is 28.6 Å². The third kappa shape index (κ3) is 2.53. The van der Waals surface area contributed by atoms with Crippen molar-refractivity contribution in [2.45, 2.75) is 0 Å². The number of hydrogen-bond acceptors (Lipinski definition) is 4. The van der Waals surface area contributed by atoms with Gasteiger partial charge in [-0.2, -0.15) is 16.9 Å². The van der Waals surface area contributed by atoms with E-state index < -0.39 is 11.2 Å². The lowest BCUT2D eigenvalue weighted by Gasteiger charge is -2.25. The third-order valence-corrected chi connectivity index (χ3v) is 4.46. The fourth-order valence-electron chi connectivity index (χ4n) is 2.41. The molecule has 5 nitrogen and oxygen atoms in total. The topological polar surface area (TPSA) is 55.2 Å². The Morgan fingerprint density at radius 1 is 1.33 bits per heavy atom. The fourth-order valence-corrected chi connectivity index (χ4v) is 3.31. The van der Waals surface area contributed by atoms with Crippen molar-refractivity contribution in [3.8, 4) is 0 Å². The zero-order valence-electron chi connectivity index (χ0n) is 11.5. The molecule has 7 heteroatoms. The van der Waals surface area contributed by atoms with Crippen LogP contribution >= 0.6 is 11.8 Å². The molecule has 1 aromatic carbocycles. The normalized spacial score (nSPS) is 15.4. The zero-order chi connectivity index (χ0) is 15.0. The number of fused-ring (bicyclic) bond motifs is 1. The molecular weight excluding hydrogens is 293 g/mol. The summed E-state index contributed by atoms with van der Waals surface area (Å²) in [4.78, 5) is 26.5.